The van der Waals surface area contributed by atoms with E-state index in [0.717, 1.165) is 17.5 Å². The van der Waals surface area contributed by atoms with Crippen LogP contribution in [0.2, 0.25) is 0 Å². The van der Waals surface area contributed by atoms with Crippen LogP contribution in [-0.2, 0) is 5.41 Å². The molecule has 2 rings (SSSR count). The molecule has 1 aromatic heterocycles. The first-order chi connectivity index (χ1) is 9.43. The Balaban J connectivity index is 2.38. The monoisotopic (exact) mass is 274 g/mol. The van der Waals surface area contributed by atoms with Crippen LogP contribution >= 0.6 is 0 Å². The van der Waals surface area contributed by atoms with E-state index in [1.165, 1.54) is 0 Å². The fraction of sp³-hybridized carbons (Fsp3) is 0.500. The van der Waals surface area contributed by atoms with Crippen molar-refractivity contribution in [3.8, 4) is 11.5 Å². The molecule has 4 heteroatoms. The van der Waals surface area contributed by atoms with E-state index in [1.807, 2.05) is 25.1 Å². The molecule has 1 unspecified atom stereocenters. The van der Waals surface area contributed by atoms with Gasteiger partial charge in [0.2, 0.25) is 5.82 Å². The van der Waals surface area contributed by atoms with Crippen LogP contribution in [0.3, 0.4) is 0 Å². The second-order valence-corrected chi connectivity index (χ2v) is 6.06. The molecule has 1 aromatic carbocycles. The molecule has 1 heterocycles. The summed E-state index contributed by atoms with van der Waals surface area (Å²) in [4.78, 5) is 4.35. The van der Waals surface area contributed by atoms with Gasteiger partial charge in [0.15, 0.2) is 0 Å². The molecule has 2 aromatic rings. The van der Waals surface area contributed by atoms with Crippen LogP contribution in [0.1, 0.15) is 58.0 Å². The molecule has 0 aliphatic carbocycles. The molecule has 0 saturated carbocycles. The summed E-state index contributed by atoms with van der Waals surface area (Å²) in [5.41, 5.74) is 2.08. The van der Waals surface area contributed by atoms with Gasteiger partial charge < -0.3 is 9.63 Å². The molecule has 108 valence electrons. The van der Waals surface area contributed by atoms with E-state index in [1.54, 1.807) is 0 Å². The molecular formula is C16H22N2O2. The first kappa shape index (κ1) is 14.7. The predicted molar refractivity (Wildman–Crippen MR) is 78.3 cm³/mol. The van der Waals surface area contributed by atoms with Crippen molar-refractivity contribution in [2.75, 3.05) is 0 Å². The Hall–Kier alpha value is -1.68. The summed E-state index contributed by atoms with van der Waals surface area (Å²) < 4.78 is 5.33. The molecule has 0 fully saturated rings. The van der Waals surface area contributed by atoms with Crippen molar-refractivity contribution in [3.63, 3.8) is 0 Å². The lowest BCUT2D eigenvalue weighted by Crippen LogP contribution is -2.12. The first-order valence-corrected chi connectivity index (χ1v) is 7.05. The molecule has 0 radical (unpaired) electrons. The zero-order chi connectivity index (χ0) is 14.8. The van der Waals surface area contributed by atoms with Crippen LogP contribution < -0.4 is 0 Å². The van der Waals surface area contributed by atoms with Gasteiger partial charge in [-0.2, -0.15) is 4.98 Å². The summed E-state index contributed by atoms with van der Waals surface area (Å²) in [5.74, 6) is 0.839. The first-order valence-electron chi connectivity index (χ1n) is 7.05. The van der Waals surface area contributed by atoms with E-state index >= 15 is 0 Å². The Labute approximate surface area is 119 Å². The average Bonchev–Trinajstić information content (AvgIpc) is 2.87. The van der Waals surface area contributed by atoms with Crippen molar-refractivity contribution in [2.24, 2.45) is 0 Å². The van der Waals surface area contributed by atoms with Crippen molar-refractivity contribution in [2.45, 2.75) is 52.1 Å². The lowest BCUT2D eigenvalue weighted by atomic mass is 9.84. The van der Waals surface area contributed by atoms with Gasteiger partial charge in [0.05, 0.1) is 0 Å². The predicted octanol–water partition coefficient (Wildman–Crippen LogP) is 3.87. The van der Waals surface area contributed by atoms with Gasteiger partial charge >= 0.3 is 0 Å². The fourth-order valence-corrected chi connectivity index (χ4v) is 2.21. The van der Waals surface area contributed by atoms with Gasteiger partial charge in [-0.15, -0.1) is 0 Å². The number of hydrogen-bond donors (Lipinski definition) is 1. The van der Waals surface area contributed by atoms with Gasteiger partial charge in [0.1, 0.15) is 6.10 Å². The smallest absolute Gasteiger partial charge is 0.258 e. The number of aliphatic hydroxyl groups is 1. The molecular weight excluding hydrogens is 252 g/mol. The quantitative estimate of drug-likeness (QED) is 0.919. The van der Waals surface area contributed by atoms with Crippen molar-refractivity contribution in [1.82, 2.24) is 10.1 Å². The summed E-state index contributed by atoms with van der Waals surface area (Å²) in [7, 11) is 0. The zero-order valence-electron chi connectivity index (χ0n) is 12.6. The Bertz CT molecular complexity index is 570. The van der Waals surface area contributed by atoms with E-state index in [9.17, 15) is 5.11 Å². The Morgan fingerprint density at radius 1 is 1.25 bits per heavy atom. The Kier molecular flexibility index (Phi) is 4.23. The maximum absolute atomic E-state index is 9.92. The summed E-state index contributed by atoms with van der Waals surface area (Å²) in [6.45, 7) is 8.46. The molecule has 0 bridgehead atoms. The highest BCUT2D eigenvalue weighted by Gasteiger charge is 2.22. The van der Waals surface area contributed by atoms with E-state index in [0.29, 0.717) is 18.1 Å². The lowest BCUT2D eigenvalue weighted by Gasteiger charge is -2.21. The Morgan fingerprint density at radius 3 is 2.60 bits per heavy atom. The standard InChI is InChI=1S/C16H22N2O2/c1-5-8-13(19)14-17-15(20-18-14)11-9-6-7-10-12(11)16(2,3)4/h6-7,9-10,13,19H,5,8H2,1-4H3. The minimum Gasteiger partial charge on any atom is -0.385 e. The van der Waals surface area contributed by atoms with Crippen LogP contribution in [0, 0.1) is 0 Å². The topological polar surface area (TPSA) is 59.2 Å². The van der Waals surface area contributed by atoms with Crippen molar-refractivity contribution < 1.29 is 9.63 Å². The second-order valence-electron chi connectivity index (χ2n) is 6.06. The minimum atomic E-state index is -0.653. The zero-order valence-corrected chi connectivity index (χ0v) is 12.6. The largest absolute Gasteiger partial charge is 0.385 e. The number of benzene rings is 1. The van der Waals surface area contributed by atoms with Crippen LogP contribution in [-0.4, -0.2) is 15.2 Å². The summed E-state index contributed by atoms with van der Waals surface area (Å²) in [6.07, 6.45) is 0.864. The van der Waals surface area contributed by atoms with Gasteiger partial charge in [-0.05, 0) is 23.5 Å². The number of aliphatic hydroxyl groups excluding tert-OH is 1. The number of hydrogen-bond acceptors (Lipinski definition) is 4. The third-order valence-electron chi connectivity index (χ3n) is 3.27. The third kappa shape index (κ3) is 3.07. The number of aromatic nitrogens is 2. The third-order valence-corrected chi connectivity index (χ3v) is 3.27. The molecule has 0 amide bonds. The van der Waals surface area contributed by atoms with Gasteiger partial charge in [-0.25, -0.2) is 0 Å². The van der Waals surface area contributed by atoms with Gasteiger partial charge in [0, 0.05) is 5.56 Å². The molecule has 0 saturated heterocycles. The molecule has 4 nitrogen and oxygen atoms in total. The van der Waals surface area contributed by atoms with E-state index in [-0.39, 0.29) is 5.41 Å². The Morgan fingerprint density at radius 2 is 1.95 bits per heavy atom. The molecule has 1 atom stereocenters. The van der Waals surface area contributed by atoms with Gasteiger partial charge in [-0.3, -0.25) is 0 Å². The van der Waals surface area contributed by atoms with Crippen LogP contribution in [0.5, 0.6) is 0 Å². The fourth-order valence-electron chi connectivity index (χ4n) is 2.21. The van der Waals surface area contributed by atoms with E-state index in [4.69, 9.17) is 4.52 Å². The van der Waals surface area contributed by atoms with Gasteiger partial charge in [0.25, 0.3) is 5.89 Å². The summed E-state index contributed by atoms with van der Waals surface area (Å²) in [5, 5.41) is 13.8. The molecule has 0 aliphatic heterocycles. The maximum Gasteiger partial charge on any atom is 0.258 e. The lowest BCUT2D eigenvalue weighted by molar-refractivity contribution is 0.153. The number of nitrogens with zero attached hydrogens (tertiary/aromatic N) is 2. The highest BCUT2D eigenvalue weighted by Crippen LogP contribution is 2.32. The van der Waals surface area contributed by atoms with E-state index < -0.39 is 6.10 Å². The molecule has 0 aliphatic rings. The van der Waals surface area contributed by atoms with E-state index in [2.05, 4.69) is 37.0 Å². The second kappa shape index (κ2) is 5.75. The van der Waals surface area contributed by atoms with Crippen LogP contribution in [0.4, 0.5) is 0 Å². The highest BCUT2D eigenvalue weighted by molar-refractivity contribution is 5.60. The minimum absolute atomic E-state index is 0.00669. The normalized spacial score (nSPS) is 13.4. The van der Waals surface area contributed by atoms with Gasteiger partial charge in [-0.1, -0.05) is 57.5 Å². The molecule has 20 heavy (non-hydrogen) atoms. The molecule has 0 spiro atoms. The van der Waals surface area contributed by atoms with Crippen molar-refractivity contribution in [3.05, 3.63) is 35.7 Å². The SMILES string of the molecule is CCCC(O)c1noc(-c2ccccc2C(C)(C)C)n1. The average molecular weight is 274 g/mol. The van der Waals surface area contributed by atoms with Crippen molar-refractivity contribution >= 4 is 0 Å². The molecule has 1 N–H and O–H groups in total. The summed E-state index contributed by atoms with van der Waals surface area (Å²) in [6, 6.07) is 8.01. The van der Waals surface area contributed by atoms with Crippen LogP contribution in [0.15, 0.2) is 28.8 Å². The number of rotatable bonds is 4. The maximum atomic E-state index is 9.92. The van der Waals surface area contributed by atoms with Crippen LogP contribution in [0.25, 0.3) is 11.5 Å². The summed E-state index contributed by atoms with van der Waals surface area (Å²) >= 11 is 0. The van der Waals surface area contributed by atoms with Crippen molar-refractivity contribution in [1.29, 1.82) is 0 Å². The highest BCUT2D eigenvalue weighted by atomic mass is 16.5.